The van der Waals surface area contributed by atoms with E-state index < -0.39 is 20.7 Å². The Labute approximate surface area is 210 Å². The molecule has 4 rings (SSSR count). The van der Waals surface area contributed by atoms with Gasteiger partial charge >= 0.3 is 0 Å². The quantitative estimate of drug-likeness (QED) is 0.552. The summed E-state index contributed by atoms with van der Waals surface area (Å²) >= 11 is 0. The molecular weight excluding hydrogens is 464 g/mol. The number of piperazine rings is 1. The molecule has 2 aliphatic heterocycles. The third kappa shape index (κ3) is 5.84. The van der Waals surface area contributed by atoms with Gasteiger partial charge < -0.3 is 20.3 Å². The molecule has 0 unspecified atom stereocenters. The molecule has 1 aromatic carbocycles. The first-order chi connectivity index (χ1) is 16.9. The van der Waals surface area contributed by atoms with Gasteiger partial charge in [0.1, 0.15) is 0 Å². The Bertz CT molecular complexity index is 931. The molecule has 0 spiro atoms. The minimum Gasteiger partial charge on any atom is -0.383 e. The number of hydrogen-bond donors (Lipinski definition) is 1. The molecule has 2 N–H and O–H groups in total. The van der Waals surface area contributed by atoms with E-state index in [2.05, 4.69) is 34.1 Å². The van der Waals surface area contributed by atoms with Crippen molar-refractivity contribution in [1.29, 1.82) is 0 Å². The second kappa shape index (κ2) is 11.6. The van der Waals surface area contributed by atoms with E-state index in [0.717, 1.165) is 24.6 Å². The molecule has 8 nitrogen and oxygen atoms in total. The van der Waals surface area contributed by atoms with Gasteiger partial charge in [-0.25, -0.2) is 8.42 Å². The van der Waals surface area contributed by atoms with Crippen molar-refractivity contribution < 1.29 is 17.9 Å². The van der Waals surface area contributed by atoms with Crippen LogP contribution >= 0.6 is 0 Å². The highest BCUT2D eigenvalue weighted by Gasteiger charge is 2.53. The normalized spacial score (nSPS) is 22.8. The van der Waals surface area contributed by atoms with Crippen molar-refractivity contribution in [3.05, 3.63) is 29.8 Å². The molecule has 1 aromatic rings. The Morgan fingerprint density at radius 3 is 2.20 bits per heavy atom. The fourth-order valence-corrected chi connectivity index (χ4v) is 8.08. The average Bonchev–Trinajstić information content (AvgIpc) is 2.88. The topological polar surface area (TPSA) is 96.2 Å². The Hall–Kier alpha value is -1.68. The molecule has 0 atom stereocenters. The van der Waals surface area contributed by atoms with Crippen LogP contribution in [0.5, 0.6) is 0 Å². The number of nitrogens with two attached hydrogens (primary N) is 1. The van der Waals surface area contributed by atoms with Crippen LogP contribution in [-0.2, 0) is 26.0 Å². The number of primary amides is 1. The van der Waals surface area contributed by atoms with E-state index in [0.29, 0.717) is 45.9 Å². The number of ether oxygens (including phenoxy) is 1. The molecule has 35 heavy (non-hydrogen) atoms. The van der Waals surface area contributed by atoms with Gasteiger partial charge in [-0.1, -0.05) is 44.2 Å². The lowest BCUT2D eigenvalue weighted by molar-refractivity contribution is -0.121. The lowest BCUT2D eigenvalue weighted by atomic mass is 9.85. The lowest BCUT2D eigenvalue weighted by Gasteiger charge is -2.43. The number of methoxy groups -OCH3 is 1. The molecule has 1 amide bonds. The number of anilines is 1. The maximum absolute atomic E-state index is 13.7. The summed E-state index contributed by atoms with van der Waals surface area (Å²) in [4.78, 5) is 16.9. The maximum atomic E-state index is 13.7. The Kier molecular flexibility index (Phi) is 8.73. The van der Waals surface area contributed by atoms with Crippen LogP contribution in [0.25, 0.3) is 0 Å². The van der Waals surface area contributed by atoms with Gasteiger partial charge in [-0.2, -0.15) is 4.31 Å². The van der Waals surface area contributed by atoms with Crippen LogP contribution < -0.4 is 10.6 Å². The zero-order valence-corrected chi connectivity index (χ0v) is 22.0. The van der Waals surface area contributed by atoms with Crippen LogP contribution in [0.2, 0.25) is 0 Å². The van der Waals surface area contributed by atoms with Gasteiger partial charge in [0.15, 0.2) is 4.75 Å². The Balaban J connectivity index is 1.35. The number of rotatable bonds is 9. The fourth-order valence-electron chi connectivity index (χ4n) is 5.99. The molecule has 9 heteroatoms. The highest BCUT2D eigenvalue weighted by Crippen LogP contribution is 2.34. The first kappa shape index (κ1) is 26.4. The first-order valence-corrected chi connectivity index (χ1v) is 14.6. The maximum Gasteiger partial charge on any atom is 0.240 e. The van der Waals surface area contributed by atoms with Crippen LogP contribution in [0.4, 0.5) is 5.69 Å². The highest BCUT2D eigenvalue weighted by atomic mass is 32.2. The third-order valence-corrected chi connectivity index (χ3v) is 11.0. The lowest BCUT2D eigenvalue weighted by Crippen LogP contribution is -2.63. The van der Waals surface area contributed by atoms with E-state index in [9.17, 15) is 13.2 Å². The summed E-state index contributed by atoms with van der Waals surface area (Å²) in [6.45, 7) is 4.32. The van der Waals surface area contributed by atoms with E-state index in [-0.39, 0.29) is 12.8 Å². The third-order valence-electron chi connectivity index (χ3n) is 8.35. The molecule has 0 aromatic heterocycles. The van der Waals surface area contributed by atoms with Gasteiger partial charge in [-0.15, -0.1) is 0 Å². The number of benzene rings is 1. The summed E-state index contributed by atoms with van der Waals surface area (Å²) in [6.07, 6.45) is 8.41. The molecule has 3 aliphatic rings. The van der Waals surface area contributed by atoms with Crippen molar-refractivity contribution in [2.75, 3.05) is 64.4 Å². The second-order valence-electron chi connectivity index (χ2n) is 10.5. The number of piperidine rings is 1. The summed E-state index contributed by atoms with van der Waals surface area (Å²) in [5, 5.41) is 0. The number of likely N-dealkylation sites (tertiary alicyclic amines) is 1. The number of nitrogens with zero attached hydrogens (tertiary/aromatic N) is 3. The highest BCUT2D eigenvalue weighted by molar-refractivity contribution is 7.91. The Morgan fingerprint density at radius 2 is 1.63 bits per heavy atom. The molecule has 3 fully saturated rings. The standard InChI is InChI=1S/C26H42N4O4S/c1-34-20-19-28-13-11-26(12-14-28,25(27)31)35(32,33)30-17-15-29(16-18-30)24-9-7-23(8-10-24)21-22-5-3-2-4-6-22/h7-10,22H,2-6,11-21H2,1H3,(H2,27,31). The second-order valence-corrected chi connectivity index (χ2v) is 12.7. The van der Waals surface area contributed by atoms with Crippen LogP contribution in [0.15, 0.2) is 24.3 Å². The van der Waals surface area contributed by atoms with E-state index >= 15 is 0 Å². The van der Waals surface area contributed by atoms with Crippen molar-refractivity contribution in [1.82, 2.24) is 9.21 Å². The molecule has 0 radical (unpaired) electrons. The Morgan fingerprint density at radius 1 is 1.00 bits per heavy atom. The minimum atomic E-state index is -3.84. The number of sulfonamides is 1. The molecule has 2 saturated heterocycles. The summed E-state index contributed by atoms with van der Waals surface area (Å²) in [5.74, 6) is 0.0904. The molecule has 196 valence electrons. The predicted molar refractivity (Wildman–Crippen MR) is 139 cm³/mol. The van der Waals surface area contributed by atoms with Crippen LogP contribution in [0.3, 0.4) is 0 Å². The summed E-state index contributed by atoms with van der Waals surface area (Å²) in [7, 11) is -2.20. The van der Waals surface area contributed by atoms with Crippen molar-refractivity contribution in [3.8, 4) is 0 Å². The van der Waals surface area contributed by atoms with E-state index in [1.165, 1.54) is 42.0 Å². The first-order valence-electron chi connectivity index (χ1n) is 13.2. The SMILES string of the molecule is COCCN1CCC(C(N)=O)(S(=O)(=O)N2CCN(c3ccc(CC4CCCCC4)cc3)CC2)CC1. The van der Waals surface area contributed by atoms with Gasteiger partial charge in [0.2, 0.25) is 15.9 Å². The molecule has 0 bridgehead atoms. The predicted octanol–water partition coefficient (Wildman–Crippen LogP) is 2.23. The molecule has 2 heterocycles. The zero-order chi connectivity index (χ0) is 24.9. The summed E-state index contributed by atoms with van der Waals surface area (Å²) < 4.78 is 32.4. The number of carbonyl (C=O) groups excluding carboxylic acids is 1. The molecule has 1 aliphatic carbocycles. The van der Waals surface area contributed by atoms with Gasteiger partial charge in [-0.05, 0) is 42.9 Å². The van der Waals surface area contributed by atoms with Crippen molar-refractivity contribution in [3.63, 3.8) is 0 Å². The monoisotopic (exact) mass is 506 g/mol. The largest absolute Gasteiger partial charge is 0.383 e. The zero-order valence-electron chi connectivity index (χ0n) is 21.2. The fraction of sp³-hybridized carbons (Fsp3) is 0.731. The van der Waals surface area contributed by atoms with E-state index in [1.807, 2.05) is 0 Å². The number of amides is 1. The van der Waals surface area contributed by atoms with E-state index in [1.54, 1.807) is 7.11 Å². The van der Waals surface area contributed by atoms with Crippen molar-refractivity contribution in [2.45, 2.75) is 56.1 Å². The van der Waals surface area contributed by atoms with Gasteiger partial charge in [0, 0.05) is 58.6 Å². The molecule has 1 saturated carbocycles. The number of hydrogen-bond acceptors (Lipinski definition) is 6. The molecular formula is C26H42N4O4S. The van der Waals surface area contributed by atoms with E-state index in [4.69, 9.17) is 10.5 Å². The summed E-state index contributed by atoms with van der Waals surface area (Å²) in [5.41, 5.74) is 8.26. The van der Waals surface area contributed by atoms with Gasteiger partial charge in [0.25, 0.3) is 0 Å². The van der Waals surface area contributed by atoms with Crippen molar-refractivity contribution >= 4 is 21.6 Å². The summed E-state index contributed by atoms with van der Waals surface area (Å²) in [6, 6.07) is 8.80. The smallest absolute Gasteiger partial charge is 0.240 e. The van der Waals surface area contributed by atoms with Crippen LogP contribution in [-0.4, -0.2) is 87.8 Å². The van der Waals surface area contributed by atoms with Crippen LogP contribution in [0.1, 0.15) is 50.5 Å². The van der Waals surface area contributed by atoms with Crippen molar-refractivity contribution in [2.24, 2.45) is 11.7 Å². The van der Waals surface area contributed by atoms with Gasteiger partial charge in [-0.3, -0.25) is 4.79 Å². The number of carbonyl (C=O) groups is 1. The average molecular weight is 507 g/mol. The van der Waals surface area contributed by atoms with Gasteiger partial charge in [0.05, 0.1) is 6.61 Å². The van der Waals surface area contributed by atoms with Crippen LogP contribution in [0, 0.1) is 5.92 Å². The minimum absolute atomic E-state index is 0.233.